The summed E-state index contributed by atoms with van der Waals surface area (Å²) in [5.41, 5.74) is 0.796. The fourth-order valence-corrected chi connectivity index (χ4v) is 2.72. The van der Waals surface area contributed by atoms with Gasteiger partial charge in [0.25, 0.3) is 0 Å². The van der Waals surface area contributed by atoms with E-state index in [-0.39, 0.29) is 12.5 Å². The van der Waals surface area contributed by atoms with Gasteiger partial charge < -0.3 is 14.6 Å². The molecule has 0 spiro atoms. The van der Waals surface area contributed by atoms with Gasteiger partial charge in [-0.3, -0.25) is 4.79 Å². The van der Waals surface area contributed by atoms with Crippen LogP contribution in [0.3, 0.4) is 0 Å². The Labute approximate surface area is 137 Å². The van der Waals surface area contributed by atoms with Gasteiger partial charge in [-0.05, 0) is 23.6 Å². The highest BCUT2D eigenvalue weighted by molar-refractivity contribution is 7.10. The molecule has 2 aromatic heterocycles. The topological polar surface area (TPSA) is 77.3 Å². The van der Waals surface area contributed by atoms with Crippen LogP contribution in [0.4, 0.5) is 0 Å². The summed E-state index contributed by atoms with van der Waals surface area (Å²) >= 11 is 1.55. The predicted octanol–water partition coefficient (Wildman–Crippen LogP) is 2.67. The maximum atomic E-state index is 11.8. The molecule has 0 atom stereocenters. The molecule has 7 heteroatoms. The molecule has 23 heavy (non-hydrogen) atoms. The lowest BCUT2D eigenvalue weighted by Gasteiger charge is -2.00. The number of hydrogen-bond acceptors (Lipinski definition) is 6. The van der Waals surface area contributed by atoms with E-state index in [1.54, 1.807) is 18.4 Å². The lowest BCUT2D eigenvalue weighted by Crippen LogP contribution is -2.24. The normalized spacial score (nSPS) is 10.5. The molecule has 0 fully saturated rings. The molecule has 0 saturated carbocycles. The Bertz CT molecular complexity index is 783. The standard InChI is InChI=1S/C16H15N3O3S/c1-21-12-5-2-4-11(8-12)16-18-15(22-19-16)10-17-14(20)9-13-6-3-7-23-13/h2-8H,9-10H2,1H3,(H,17,20). The summed E-state index contributed by atoms with van der Waals surface area (Å²) in [5, 5.41) is 8.64. The van der Waals surface area contributed by atoms with Crippen LogP contribution in [0.1, 0.15) is 10.8 Å². The molecule has 0 aliphatic rings. The van der Waals surface area contributed by atoms with E-state index in [0.717, 1.165) is 16.2 Å². The van der Waals surface area contributed by atoms with Gasteiger partial charge in [-0.25, -0.2) is 0 Å². The average Bonchev–Trinajstić information content (AvgIpc) is 3.24. The molecule has 0 saturated heterocycles. The molecule has 0 unspecified atom stereocenters. The molecule has 1 aromatic carbocycles. The molecule has 6 nitrogen and oxygen atoms in total. The van der Waals surface area contributed by atoms with Crippen LogP contribution < -0.4 is 10.1 Å². The van der Waals surface area contributed by atoms with Gasteiger partial charge in [0, 0.05) is 10.4 Å². The van der Waals surface area contributed by atoms with Gasteiger partial charge in [-0.15, -0.1) is 11.3 Å². The third kappa shape index (κ3) is 3.95. The maximum absolute atomic E-state index is 11.8. The smallest absolute Gasteiger partial charge is 0.246 e. The number of rotatable bonds is 6. The Morgan fingerprint density at radius 3 is 3.04 bits per heavy atom. The fourth-order valence-electron chi connectivity index (χ4n) is 2.01. The van der Waals surface area contributed by atoms with Crippen molar-refractivity contribution in [1.29, 1.82) is 0 Å². The second-order valence-corrected chi connectivity index (χ2v) is 5.81. The first-order valence-electron chi connectivity index (χ1n) is 7.00. The number of hydrogen-bond donors (Lipinski definition) is 1. The molecule has 118 valence electrons. The van der Waals surface area contributed by atoms with Crippen molar-refractivity contribution in [1.82, 2.24) is 15.5 Å². The maximum Gasteiger partial charge on any atom is 0.246 e. The summed E-state index contributed by atoms with van der Waals surface area (Å²) in [6, 6.07) is 11.2. The highest BCUT2D eigenvalue weighted by Gasteiger charge is 2.11. The van der Waals surface area contributed by atoms with Gasteiger partial charge in [-0.1, -0.05) is 23.4 Å². The quantitative estimate of drug-likeness (QED) is 0.752. The van der Waals surface area contributed by atoms with Crippen LogP contribution in [0, 0.1) is 0 Å². The van der Waals surface area contributed by atoms with Gasteiger partial charge >= 0.3 is 0 Å². The Morgan fingerprint density at radius 2 is 2.26 bits per heavy atom. The van der Waals surface area contributed by atoms with Crippen LogP contribution >= 0.6 is 11.3 Å². The highest BCUT2D eigenvalue weighted by Crippen LogP contribution is 2.21. The Hall–Kier alpha value is -2.67. The van der Waals surface area contributed by atoms with Crippen LogP contribution in [-0.2, 0) is 17.8 Å². The van der Waals surface area contributed by atoms with E-state index in [4.69, 9.17) is 9.26 Å². The first kappa shape index (κ1) is 15.2. The van der Waals surface area contributed by atoms with Crippen LogP contribution in [0.25, 0.3) is 11.4 Å². The number of carbonyl (C=O) groups excluding carboxylic acids is 1. The van der Waals surface area contributed by atoms with E-state index in [1.807, 2.05) is 41.8 Å². The summed E-state index contributed by atoms with van der Waals surface area (Å²) in [5.74, 6) is 1.47. The summed E-state index contributed by atoms with van der Waals surface area (Å²) in [4.78, 5) is 17.1. The van der Waals surface area contributed by atoms with E-state index in [1.165, 1.54) is 0 Å². The first-order valence-corrected chi connectivity index (χ1v) is 7.88. The van der Waals surface area contributed by atoms with Crippen molar-refractivity contribution in [2.75, 3.05) is 7.11 Å². The van der Waals surface area contributed by atoms with Crippen molar-refractivity contribution < 1.29 is 14.1 Å². The summed E-state index contributed by atoms with van der Waals surface area (Å²) in [7, 11) is 1.60. The number of amides is 1. The largest absolute Gasteiger partial charge is 0.497 e. The SMILES string of the molecule is COc1cccc(-c2noc(CNC(=O)Cc3cccs3)n2)c1. The van der Waals surface area contributed by atoms with Gasteiger partial charge in [0.1, 0.15) is 5.75 Å². The number of nitrogens with zero attached hydrogens (tertiary/aromatic N) is 2. The van der Waals surface area contributed by atoms with E-state index in [2.05, 4.69) is 15.5 Å². The molecule has 0 aliphatic heterocycles. The molecule has 1 N–H and O–H groups in total. The monoisotopic (exact) mass is 329 g/mol. The van der Waals surface area contributed by atoms with Crippen molar-refractivity contribution in [2.24, 2.45) is 0 Å². The Kier molecular flexibility index (Phi) is 4.68. The van der Waals surface area contributed by atoms with Crippen LogP contribution in [-0.4, -0.2) is 23.2 Å². The van der Waals surface area contributed by atoms with Gasteiger partial charge in [0.05, 0.1) is 20.1 Å². The number of aromatic nitrogens is 2. The minimum atomic E-state index is -0.0754. The number of benzene rings is 1. The summed E-state index contributed by atoms with van der Waals surface area (Å²) < 4.78 is 10.3. The second kappa shape index (κ2) is 7.06. The highest BCUT2D eigenvalue weighted by atomic mass is 32.1. The summed E-state index contributed by atoms with van der Waals surface area (Å²) in [6.07, 6.45) is 0.356. The number of carbonyl (C=O) groups is 1. The lowest BCUT2D eigenvalue weighted by atomic mass is 10.2. The van der Waals surface area contributed by atoms with E-state index in [9.17, 15) is 4.79 Å². The third-order valence-corrected chi connectivity index (χ3v) is 4.02. The van der Waals surface area contributed by atoms with Crippen molar-refractivity contribution in [3.63, 3.8) is 0 Å². The van der Waals surface area contributed by atoms with Crippen LogP contribution in [0.15, 0.2) is 46.3 Å². The molecule has 3 aromatic rings. The zero-order chi connectivity index (χ0) is 16.1. The lowest BCUT2D eigenvalue weighted by molar-refractivity contribution is -0.120. The van der Waals surface area contributed by atoms with Crippen molar-refractivity contribution >= 4 is 17.2 Å². The molecule has 1 amide bonds. The number of thiophene rings is 1. The molecular weight excluding hydrogens is 314 g/mol. The van der Waals surface area contributed by atoms with Crippen molar-refractivity contribution in [3.8, 4) is 17.1 Å². The van der Waals surface area contributed by atoms with E-state index < -0.39 is 0 Å². The zero-order valence-corrected chi connectivity index (χ0v) is 13.3. The predicted molar refractivity (Wildman–Crippen MR) is 86.2 cm³/mol. The molecular formula is C16H15N3O3S. The molecule has 3 rings (SSSR count). The van der Waals surface area contributed by atoms with Crippen LogP contribution in [0.2, 0.25) is 0 Å². The van der Waals surface area contributed by atoms with Gasteiger partial charge in [-0.2, -0.15) is 4.98 Å². The number of nitrogens with one attached hydrogen (secondary N) is 1. The van der Waals surface area contributed by atoms with Crippen molar-refractivity contribution in [3.05, 3.63) is 52.5 Å². The molecule has 2 heterocycles. The molecule has 0 aliphatic carbocycles. The average molecular weight is 329 g/mol. The fraction of sp³-hybridized carbons (Fsp3) is 0.188. The number of methoxy groups -OCH3 is 1. The van der Waals surface area contributed by atoms with Crippen LogP contribution in [0.5, 0.6) is 5.75 Å². The Morgan fingerprint density at radius 1 is 1.35 bits per heavy atom. The van der Waals surface area contributed by atoms with Crippen molar-refractivity contribution in [2.45, 2.75) is 13.0 Å². The minimum absolute atomic E-state index is 0.0754. The van der Waals surface area contributed by atoms with Gasteiger partial charge in [0.15, 0.2) is 0 Å². The second-order valence-electron chi connectivity index (χ2n) is 4.78. The third-order valence-electron chi connectivity index (χ3n) is 3.15. The van der Waals surface area contributed by atoms with Gasteiger partial charge in [0.2, 0.25) is 17.6 Å². The summed E-state index contributed by atoms with van der Waals surface area (Å²) in [6.45, 7) is 0.210. The Balaban J connectivity index is 1.59. The minimum Gasteiger partial charge on any atom is -0.497 e. The first-order chi connectivity index (χ1) is 11.2. The zero-order valence-electron chi connectivity index (χ0n) is 12.5. The number of ether oxygens (including phenoxy) is 1. The molecule has 0 radical (unpaired) electrons. The van der Waals surface area contributed by atoms with E-state index in [0.29, 0.717) is 18.1 Å². The molecule has 0 bridgehead atoms. The van der Waals surface area contributed by atoms with E-state index >= 15 is 0 Å².